The summed E-state index contributed by atoms with van der Waals surface area (Å²) in [6.45, 7) is 0. The maximum atomic E-state index is 10.8. The van der Waals surface area contributed by atoms with Gasteiger partial charge in [0.2, 0.25) is 11.5 Å². The molecule has 0 aliphatic rings. The van der Waals surface area contributed by atoms with Gasteiger partial charge in [-0.2, -0.15) is 0 Å². The van der Waals surface area contributed by atoms with Gasteiger partial charge < -0.3 is 9.84 Å². The third-order valence-electron chi connectivity index (χ3n) is 2.36. The molecule has 0 spiro atoms. The molecule has 1 N–H and O–H groups in total. The molecule has 82 valence electrons. The molecule has 5 heteroatoms. The lowest BCUT2D eigenvalue weighted by Crippen LogP contribution is -1.94. The van der Waals surface area contributed by atoms with Crippen molar-refractivity contribution in [3.8, 4) is 11.5 Å². The Hall–Kier alpha value is -2.30. The summed E-state index contributed by atoms with van der Waals surface area (Å²) < 4.78 is 4.89. The van der Waals surface area contributed by atoms with E-state index in [0.29, 0.717) is 10.8 Å². The molecule has 0 bridgehead atoms. The summed E-state index contributed by atoms with van der Waals surface area (Å²) in [4.78, 5) is 10.2. The molecule has 0 radical (unpaired) electrons. The first-order chi connectivity index (χ1) is 7.65. The second-order valence-corrected chi connectivity index (χ2v) is 3.25. The van der Waals surface area contributed by atoms with Gasteiger partial charge in [-0.15, -0.1) is 0 Å². The predicted octanol–water partition coefficient (Wildman–Crippen LogP) is 2.46. The predicted molar refractivity (Wildman–Crippen MR) is 58.8 cm³/mol. The Morgan fingerprint density at radius 3 is 2.69 bits per heavy atom. The van der Waals surface area contributed by atoms with Crippen LogP contribution in [-0.4, -0.2) is 17.1 Å². The Balaban J connectivity index is 2.87. The van der Waals surface area contributed by atoms with Crippen LogP contribution in [0.1, 0.15) is 0 Å². The van der Waals surface area contributed by atoms with Crippen LogP contribution < -0.4 is 4.74 Å². The van der Waals surface area contributed by atoms with Crippen LogP contribution in [0.4, 0.5) is 5.69 Å². The molecule has 0 saturated carbocycles. The summed E-state index contributed by atoms with van der Waals surface area (Å²) in [7, 11) is 1.33. The van der Waals surface area contributed by atoms with Crippen molar-refractivity contribution < 1.29 is 14.8 Å². The van der Waals surface area contributed by atoms with Crippen LogP contribution in [0.25, 0.3) is 10.8 Å². The smallest absolute Gasteiger partial charge is 0.352 e. The van der Waals surface area contributed by atoms with Crippen molar-refractivity contribution in [1.29, 1.82) is 0 Å². The Bertz CT molecular complexity index is 565. The fourth-order valence-corrected chi connectivity index (χ4v) is 1.62. The van der Waals surface area contributed by atoms with Crippen molar-refractivity contribution in [3.05, 3.63) is 40.4 Å². The first-order valence-electron chi connectivity index (χ1n) is 4.58. The van der Waals surface area contributed by atoms with Gasteiger partial charge in [0.1, 0.15) is 0 Å². The minimum Gasteiger partial charge on any atom is -0.502 e. The van der Waals surface area contributed by atoms with E-state index in [2.05, 4.69) is 0 Å². The molecule has 2 aromatic rings. The number of benzene rings is 2. The number of ether oxygens (including phenoxy) is 1. The summed E-state index contributed by atoms with van der Waals surface area (Å²) in [5.41, 5.74) is -0.402. The molecule has 0 aliphatic heterocycles. The van der Waals surface area contributed by atoms with Gasteiger partial charge in [-0.05, 0) is 11.5 Å². The van der Waals surface area contributed by atoms with Gasteiger partial charge in [0, 0.05) is 5.39 Å². The van der Waals surface area contributed by atoms with E-state index in [1.807, 2.05) is 0 Å². The molecule has 2 aromatic carbocycles. The lowest BCUT2D eigenvalue weighted by molar-refractivity contribution is -0.386. The third-order valence-corrected chi connectivity index (χ3v) is 2.36. The van der Waals surface area contributed by atoms with Gasteiger partial charge in [-0.3, -0.25) is 10.1 Å². The number of aromatic hydroxyl groups is 1. The number of nitro benzene ring substituents is 1. The Labute approximate surface area is 91.0 Å². The third kappa shape index (κ3) is 1.42. The second-order valence-electron chi connectivity index (χ2n) is 3.25. The molecule has 0 unspecified atom stereocenters. The molecule has 0 fully saturated rings. The van der Waals surface area contributed by atoms with Gasteiger partial charge in [0.15, 0.2) is 0 Å². The molecule has 0 amide bonds. The zero-order chi connectivity index (χ0) is 11.7. The monoisotopic (exact) mass is 219 g/mol. The summed E-state index contributed by atoms with van der Waals surface area (Å²) in [5.74, 6) is -0.304. The van der Waals surface area contributed by atoms with Crippen molar-refractivity contribution in [3.63, 3.8) is 0 Å². The quantitative estimate of drug-likeness (QED) is 0.622. The minimum atomic E-state index is -0.652. The number of fused-ring (bicyclic) bond motifs is 1. The summed E-state index contributed by atoms with van der Waals surface area (Å²) >= 11 is 0. The Kier molecular flexibility index (Phi) is 2.36. The molecule has 16 heavy (non-hydrogen) atoms. The lowest BCUT2D eigenvalue weighted by Gasteiger charge is -2.06. The van der Waals surface area contributed by atoms with E-state index in [4.69, 9.17) is 4.74 Å². The number of nitrogens with zero attached hydrogens (tertiary/aromatic N) is 1. The highest BCUT2D eigenvalue weighted by atomic mass is 16.6. The van der Waals surface area contributed by atoms with Gasteiger partial charge in [0.25, 0.3) is 0 Å². The van der Waals surface area contributed by atoms with Crippen molar-refractivity contribution in [1.82, 2.24) is 0 Å². The van der Waals surface area contributed by atoms with E-state index in [-0.39, 0.29) is 11.5 Å². The zero-order valence-corrected chi connectivity index (χ0v) is 8.51. The van der Waals surface area contributed by atoms with E-state index in [9.17, 15) is 15.2 Å². The zero-order valence-electron chi connectivity index (χ0n) is 8.51. The van der Waals surface area contributed by atoms with E-state index in [1.54, 1.807) is 24.3 Å². The highest BCUT2D eigenvalue weighted by Crippen LogP contribution is 2.41. The van der Waals surface area contributed by atoms with Crippen LogP contribution in [0.15, 0.2) is 30.3 Å². The average Bonchev–Trinajstić information content (AvgIpc) is 2.28. The van der Waals surface area contributed by atoms with Crippen molar-refractivity contribution in [2.24, 2.45) is 0 Å². The number of hydrogen-bond acceptors (Lipinski definition) is 4. The first-order valence-corrected chi connectivity index (χ1v) is 4.58. The largest absolute Gasteiger partial charge is 0.502 e. The van der Waals surface area contributed by atoms with E-state index in [0.717, 1.165) is 0 Å². The Morgan fingerprint density at radius 1 is 1.38 bits per heavy atom. The molecular formula is C11H9NO4. The maximum absolute atomic E-state index is 10.8. The number of rotatable bonds is 2. The standard InChI is InChI=1S/C11H9NO4/c1-16-9-6-7-4-2-3-5-8(7)11(13)10(9)12(14)15/h2-6,13H,1H3. The topological polar surface area (TPSA) is 72.6 Å². The van der Waals surface area contributed by atoms with Crippen molar-refractivity contribution in [2.45, 2.75) is 0 Å². The van der Waals surface area contributed by atoms with Gasteiger partial charge in [-0.25, -0.2) is 0 Å². The van der Waals surface area contributed by atoms with E-state index < -0.39 is 10.6 Å². The van der Waals surface area contributed by atoms with Gasteiger partial charge >= 0.3 is 5.69 Å². The second kappa shape index (κ2) is 3.69. The van der Waals surface area contributed by atoms with Crippen LogP contribution in [-0.2, 0) is 0 Å². The number of nitro groups is 1. The fraction of sp³-hybridized carbons (Fsp3) is 0.0909. The van der Waals surface area contributed by atoms with Crippen molar-refractivity contribution in [2.75, 3.05) is 7.11 Å². The van der Waals surface area contributed by atoms with Gasteiger partial charge in [-0.1, -0.05) is 24.3 Å². The molecular weight excluding hydrogens is 210 g/mol. The van der Waals surface area contributed by atoms with Crippen molar-refractivity contribution >= 4 is 16.5 Å². The highest BCUT2D eigenvalue weighted by molar-refractivity contribution is 5.94. The molecule has 0 aromatic heterocycles. The lowest BCUT2D eigenvalue weighted by atomic mass is 10.1. The maximum Gasteiger partial charge on any atom is 0.352 e. The van der Waals surface area contributed by atoms with Gasteiger partial charge in [0.05, 0.1) is 12.0 Å². The SMILES string of the molecule is COc1cc2ccccc2c(O)c1[N+](=O)[O-]. The molecule has 0 aliphatic carbocycles. The molecule has 0 saturated heterocycles. The number of hydrogen-bond donors (Lipinski definition) is 1. The number of phenols is 1. The minimum absolute atomic E-state index is 0.0567. The number of phenolic OH excluding ortho intramolecular Hbond substituents is 1. The van der Waals surface area contributed by atoms with E-state index in [1.165, 1.54) is 13.2 Å². The summed E-state index contributed by atoms with van der Waals surface area (Å²) in [5, 5.41) is 21.8. The van der Waals surface area contributed by atoms with Crippen LogP contribution in [0.2, 0.25) is 0 Å². The average molecular weight is 219 g/mol. The molecule has 2 rings (SSSR count). The van der Waals surface area contributed by atoms with Crippen LogP contribution in [0.5, 0.6) is 11.5 Å². The molecule has 0 heterocycles. The van der Waals surface area contributed by atoms with Crippen LogP contribution in [0.3, 0.4) is 0 Å². The van der Waals surface area contributed by atoms with Crippen LogP contribution >= 0.6 is 0 Å². The molecule has 0 atom stereocenters. The highest BCUT2D eigenvalue weighted by Gasteiger charge is 2.23. The fourth-order valence-electron chi connectivity index (χ4n) is 1.62. The molecule has 5 nitrogen and oxygen atoms in total. The summed E-state index contributed by atoms with van der Waals surface area (Å²) in [6, 6.07) is 8.40. The normalized spacial score (nSPS) is 10.3. The Morgan fingerprint density at radius 2 is 2.06 bits per heavy atom. The summed E-state index contributed by atoms with van der Waals surface area (Å²) in [6.07, 6.45) is 0. The first kappa shape index (κ1) is 10.2. The van der Waals surface area contributed by atoms with E-state index >= 15 is 0 Å². The van der Waals surface area contributed by atoms with Crippen LogP contribution in [0, 0.1) is 10.1 Å². The number of methoxy groups -OCH3 is 1.